The minimum absolute atomic E-state index is 0.157. The molecular formula is C46H60B2N2O8. The van der Waals surface area contributed by atoms with Gasteiger partial charge in [0.05, 0.1) is 39.3 Å². The lowest BCUT2D eigenvalue weighted by atomic mass is 9.78. The van der Waals surface area contributed by atoms with Crippen LogP contribution in [0.1, 0.15) is 105 Å². The number of anilines is 1. The normalized spacial score (nSPS) is 17.6. The average Bonchev–Trinajstić information content (AvgIpc) is 3.48. The molecule has 0 saturated carbocycles. The summed E-state index contributed by atoms with van der Waals surface area (Å²) in [7, 11) is -0.775. The van der Waals surface area contributed by atoms with Crippen molar-refractivity contribution in [1.29, 1.82) is 0 Å². The molecule has 10 nitrogen and oxygen atoms in total. The molecule has 0 unspecified atom stereocenters. The maximum absolute atomic E-state index is 12.5. The molecule has 0 radical (unpaired) electrons. The number of hydrogen-bond donors (Lipinski definition) is 3. The van der Waals surface area contributed by atoms with E-state index >= 15 is 0 Å². The number of hydrogen-bond acceptors (Lipinski definition) is 10. The largest absolute Gasteiger partial charge is 0.494 e. The summed E-state index contributed by atoms with van der Waals surface area (Å²) in [4.78, 5) is 26.2. The van der Waals surface area contributed by atoms with E-state index < -0.39 is 11.2 Å². The van der Waals surface area contributed by atoms with Crippen molar-refractivity contribution in [2.45, 2.75) is 130 Å². The number of rotatable bonds is 9. The Morgan fingerprint density at radius 3 is 1.22 bits per heavy atom. The summed E-state index contributed by atoms with van der Waals surface area (Å²) in [6.45, 7) is 23.2. The lowest BCUT2D eigenvalue weighted by molar-refractivity contribution is -0.117. The predicted molar refractivity (Wildman–Crippen MR) is 232 cm³/mol. The summed E-state index contributed by atoms with van der Waals surface area (Å²) in [5, 5.41) is 19.6. The fraction of sp³-hybridized carbons (Fsp3) is 0.435. The van der Waals surface area contributed by atoms with Crippen LogP contribution in [-0.4, -0.2) is 58.7 Å². The number of aliphatic hydroxyl groups is 2. The Balaban J connectivity index is 0.000000217. The predicted octanol–water partition coefficient (Wildman–Crippen LogP) is 7.02. The Hall–Kier alpha value is -4.38. The van der Waals surface area contributed by atoms with Crippen LogP contribution < -0.4 is 16.7 Å². The molecule has 4 aromatic carbocycles. The van der Waals surface area contributed by atoms with Crippen LogP contribution in [0.2, 0.25) is 0 Å². The maximum atomic E-state index is 12.5. The number of Topliss-reactive ketones (excluding diaryl/α,β-unsaturated/α-hetero) is 1. The van der Waals surface area contributed by atoms with Crippen molar-refractivity contribution in [3.63, 3.8) is 0 Å². The second kappa shape index (κ2) is 17.9. The van der Waals surface area contributed by atoms with Gasteiger partial charge in [-0.15, -0.1) is 0 Å². The smallest absolute Gasteiger partial charge is 0.399 e. The third-order valence-electron chi connectivity index (χ3n) is 11.2. The van der Waals surface area contributed by atoms with Gasteiger partial charge in [-0.2, -0.15) is 4.99 Å². The van der Waals surface area contributed by atoms with E-state index in [1.165, 1.54) is 6.08 Å². The van der Waals surface area contributed by atoms with E-state index in [0.717, 1.165) is 38.9 Å². The Morgan fingerprint density at radius 2 is 0.897 bits per heavy atom. The summed E-state index contributed by atoms with van der Waals surface area (Å²) in [6, 6.07) is 29.9. The van der Waals surface area contributed by atoms with Gasteiger partial charge in [-0.25, -0.2) is 4.79 Å². The fourth-order valence-corrected chi connectivity index (χ4v) is 5.95. The van der Waals surface area contributed by atoms with Crippen LogP contribution in [-0.2, 0) is 52.3 Å². The molecule has 0 aliphatic carbocycles. The van der Waals surface area contributed by atoms with Crippen molar-refractivity contribution in [2.75, 3.05) is 5.73 Å². The average molecular weight is 791 g/mol. The highest BCUT2D eigenvalue weighted by atomic mass is 16.7. The van der Waals surface area contributed by atoms with E-state index in [0.29, 0.717) is 18.5 Å². The molecule has 2 saturated heterocycles. The first-order valence-corrected chi connectivity index (χ1v) is 19.6. The molecule has 58 heavy (non-hydrogen) atoms. The molecule has 0 amide bonds. The molecule has 4 aromatic rings. The van der Waals surface area contributed by atoms with Crippen LogP contribution in [0, 0.1) is 0 Å². The molecular weight excluding hydrogens is 730 g/mol. The minimum atomic E-state index is -0.874. The maximum Gasteiger partial charge on any atom is 0.494 e. The molecule has 0 bridgehead atoms. The van der Waals surface area contributed by atoms with Crippen LogP contribution in [0.15, 0.2) is 102 Å². The number of nitrogens with two attached hydrogens (primary N) is 1. The summed E-state index contributed by atoms with van der Waals surface area (Å²) < 4.78 is 24.0. The van der Waals surface area contributed by atoms with Crippen molar-refractivity contribution in [2.24, 2.45) is 4.99 Å². The topological polar surface area (TPSA) is 150 Å². The van der Waals surface area contributed by atoms with Gasteiger partial charge in [0, 0.05) is 18.5 Å². The van der Waals surface area contributed by atoms with Gasteiger partial charge in [0.25, 0.3) is 0 Å². The number of benzene rings is 4. The van der Waals surface area contributed by atoms with Crippen molar-refractivity contribution in [1.82, 2.24) is 0 Å². The Morgan fingerprint density at radius 1 is 0.586 bits per heavy atom. The number of ketones is 1. The highest BCUT2D eigenvalue weighted by Gasteiger charge is 2.52. The van der Waals surface area contributed by atoms with Gasteiger partial charge in [0.2, 0.25) is 6.08 Å². The molecule has 0 atom stereocenters. The molecule has 2 fully saturated rings. The van der Waals surface area contributed by atoms with Gasteiger partial charge in [0.1, 0.15) is 5.78 Å². The zero-order chi connectivity index (χ0) is 43.3. The summed E-state index contributed by atoms with van der Waals surface area (Å²) in [6.07, 6.45) is 2.28. The van der Waals surface area contributed by atoms with Gasteiger partial charge in [0.15, 0.2) is 0 Å². The molecule has 0 aromatic heterocycles. The zero-order valence-electron chi connectivity index (χ0n) is 36.2. The number of isocyanates is 1. The van der Waals surface area contributed by atoms with Crippen molar-refractivity contribution in [3.8, 4) is 0 Å². The summed E-state index contributed by atoms with van der Waals surface area (Å²) in [5.74, 6) is 0.157. The molecule has 0 spiro atoms. The van der Waals surface area contributed by atoms with E-state index in [1.54, 1.807) is 52.0 Å². The molecule has 2 aliphatic heterocycles. The Kier molecular flexibility index (Phi) is 14.3. The number of nitrogen functional groups attached to an aromatic ring is 1. The van der Waals surface area contributed by atoms with Gasteiger partial charge >= 0.3 is 14.2 Å². The van der Waals surface area contributed by atoms with Crippen LogP contribution >= 0.6 is 0 Å². The lowest BCUT2D eigenvalue weighted by Gasteiger charge is -2.32. The van der Waals surface area contributed by atoms with Crippen molar-refractivity contribution >= 4 is 48.4 Å². The fourth-order valence-electron chi connectivity index (χ4n) is 5.95. The minimum Gasteiger partial charge on any atom is -0.399 e. The van der Waals surface area contributed by atoms with E-state index in [9.17, 15) is 19.8 Å². The highest BCUT2D eigenvalue weighted by molar-refractivity contribution is 6.62. The molecule has 2 heterocycles. The first kappa shape index (κ1) is 46.3. The highest BCUT2D eigenvalue weighted by Crippen LogP contribution is 2.37. The molecule has 308 valence electrons. The summed E-state index contributed by atoms with van der Waals surface area (Å²) in [5.41, 5.74) is 9.23. The molecule has 6 rings (SSSR count). The second-order valence-corrected chi connectivity index (χ2v) is 18.0. The van der Waals surface area contributed by atoms with E-state index in [4.69, 9.17) is 24.4 Å². The third-order valence-corrected chi connectivity index (χ3v) is 11.2. The van der Waals surface area contributed by atoms with Crippen LogP contribution in [0.3, 0.4) is 0 Å². The number of carbonyl (C=O) groups excluding carboxylic acids is 2. The number of nitrogens with zero attached hydrogens (tertiary/aromatic N) is 1. The SMILES string of the molecule is CC(C)(O)c1ccc(CC(=O)Cc2ccc(B3OC(C)(C)C(C)(C)O3)cc2)cc1.CC(C)(O)c1ccc(N)cc1.CC1(C)OB(c2ccc(N=C=O)cc2)OC1(C)C. The zero-order valence-corrected chi connectivity index (χ0v) is 36.2. The summed E-state index contributed by atoms with van der Waals surface area (Å²) >= 11 is 0. The molecule has 2 aliphatic rings. The van der Waals surface area contributed by atoms with Gasteiger partial charge in [-0.1, -0.05) is 72.8 Å². The number of aliphatic imine (C=N–C) groups is 1. The standard InChI is InChI=1S/C24H31BO4.C13H16BNO3.C9H13NO/c1-22(2,27)19-11-7-17(8-12-19)15-21(26)16-18-9-13-20(14-10-18)25-28-23(3,4)24(5,6)29-25;1-12(2)13(3,4)18-14(17-12)10-5-7-11(8-6-10)15-9-16;1-9(2,11)7-3-5-8(10)6-4-7/h7-14,27H,15-16H2,1-6H3;5-8H,1-4H3;3-6,11H,10H2,1-2H3. The van der Waals surface area contributed by atoms with Gasteiger partial charge in [-0.3, -0.25) is 4.79 Å². The van der Waals surface area contributed by atoms with Crippen LogP contribution in [0.5, 0.6) is 0 Å². The van der Waals surface area contributed by atoms with E-state index in [1.807, 2.05) is 128 Å². The van der Waals surface area contributed by atoms with Crippen molar-refractivity contribution < 1.29 is 38.4 Å². The van der Waals surface area contributed by atoms with E-state index in [-0.39, 0.29) is 42.4 Å². The molecule has 4 N–H and O–H groups in total. The Bertz CT molecular complexity index is 1990. The van der Waals surface area contributed by atoms with E-state index in [2.05, 4.69) is 4.99 Å². The van der Waals surface area contributed by atoms with Crippen LogP contribution in [0.4, 0.5) is 11.4 Å². The second-order valence-electron chi connectivity index (χ2n) is 18.0. The quantitative estimate of drug-likeness (QED) is 0.0704. The first-order valence-electron chi connectivity index (χ1n) is 19.6. The van der Waals surface area contributed by atoms with Crippen LogP contribution in [0.25, 0.3) is 0 Å². The third kappa shape index (κ3) is 12.1. The lowest BCUT2D eigenvalue weighted by Crippen LogP contribution is -2.41. The monoisotopic (exact) mass is 790 g/mol. The molecule has 12 heteroatoms. The van der Waals surface area contributed by atoms with Crippen molar-refractivity contribution in [3.05, 3.63) is 119 Å². The first-order chi connectivity index (χ1) is 26.7. The van der Waals surface area contributed by atoms with Gasteiger partial charge < -0.3 is 34.6 Å². The number of carbonyl (C=O) groups is 1. The Labute approximate surface area is 345 Å². The van der Waals surface area contributed by atoms with Gasteiger partial charge in [-0.05, 0) is 141 Å².